The first-order valence-corrected chi connectivity index (χ1v) is 12.3. The lowest BCUT2D eigenvalue weighted by Gasteiger charge is -2.26. The highest BCUT2D eigenvalue weighted by Crippen LogP contribution is 2.28. The first-order valence-electron chi connectivity index (χ1n) is 10.1. The zero-order valence-electron chi connectivity index (χ0n) is 17.8. The number of ether oxygens (including phenoxy) is 1. The van der Waals surface area contributed by atoms with E-state index in [9.17, 15) is 14.4 Å². The Kier molecular flexibility index (Phi) is 7.39. The van der Waals surface area contributed by atoms with Crippen LogP contribution in [0.4, 0.5) is 10.5 Å². The third-order valence-electron chi connectivity index (χ3n) is 5.08. The summed E-state index contributed by atoms with van der Waals surface area (Å²) < 4.78 is 7.54. The number of carbonyl (C=O) groups excluding carboxylic acids is 3. The molecule has 0 atom stereocenters. The van der Waals surface area contributed by atoms with Crippen LogP contribution in [0.1, 0.15) is 16.7 Å². The van der Waals surface area contributed by atoms with Crippen molar-refractivity contribution in [1.82, 2.24) is 5.32 Å². The average Bonchev–Trinajstić information content (AvgIpc) is 2.79. The number of hydrogen-bond donors (Lipinski definition) is 1. The molecule has 0 aromatic heterocycles. The number of aryl methyl sites for hydroxylation is 1. The molecule has 3 aromatic rings. The van der Waals surface area contributed by atoms with Gasteiger partial charge >= 0.3 is 6.03 Å². The summed E-state index contributed by atoms with van der Waals surface area (Å²) in [5.41, 5.74) is 2.70. The van der Waals surface area contributed by atoms with Crippen LogP contribution in [0.5, 0.6) is 5.75 Å². The molecule has 6 nitrogen and oxygen atoms in total. The molecule has 34 heavy (non-hydrogen) atoms. The van der Waals surface area contributed by atoms with E-state index in [0.717, 1.165) is 24.1 Å². The van der Waals surface area contributed by atoms with Gasteiger partial charge in [-0.2, -0.15) is 0 Å². The number of nitrogens with zero attached hydrogens (tertiary/aromatic N) is 1. The summed E-state index contributed by atoms with van der Waals surface area (Å²) in [4.78, 5) is 39.0. The molecular formula is C25H17BrClIN2O4. The highest BCUT2D eigenvalue weighted by Gasteiger charge is 2.36. The number of benzene rings is 3. The molecule has 0 spiro atoms. The molecule has 1 heterocycles. The summed E-state index contributed by atoms with van der Waals surface area (Å²) in [6.07, 6.45) is 1.47. The Hall–Kier alpha value is -2.69. The van der Waals surface area contributed by atoms with Gasteiger partial charge in [0.1, 0.15) is 17.9 Å². The van der Waals surface area contributed by atoms with Gasteiger partial charge in [-0.1, -0.05) is 45.7 Å². The maximum absolute atomic E-state index is 13.1. The molecule has 0 bridgehead atoms. The summed E-state index contributed by atoms with van der Waals surface area (Å²) >= 11 is 11.4. The SMILES string of the molecule is Cc1cc(N2C(=O)NC(=O)/C(=C\c3ccc(OCc4ccc(Cl)cc4)c(I)c3)C2=O)ccc1Br. The van der Waals surface area contributed by atoms with Gasteiger partial charge in [-0.15, -0.1) is 0 Å². The molecule has 4 amide bonds. The van der Waals surface area contributed by atoms with Gasteiger partial charge in [0.25, 0.3) is 11.8 Å². The number of nitrogens with one attached hydrogen (secondary N) is 1. The molecule has 1 N–H and O–H groups in total. The van der Waals surface area contributed by atoms with Gasteiger partial charge < -0.3 is 4.74 Å². The fourth-order valence-electron chi connectivity index (χ4n) is 3.29. The number of imide groups is 2. The highest BCUT2D eigenvalue weighted by atomic mass is 127. The molecular weight excluding hydrogens is 635 g/mol. The number of anilines is 1. The van der Waals surface area contributed by atoms with Crippen molar-refractivity contribution < 1.29 is 19.1 Å². The Morgan fingerprint density at radius 1 is 1.06 bits per heavy atom. The number of amides is 4. The molecule has 0 unspecified atom stereocenters. The van der Waals surface area contributed by atoms with Crippen LogP contribution >= 0.6 is 50.1 Å². The molecule has 1 aliphatic heterocycles. The van der Waals surface area contributed by atoms with Crippen LogP contribution in [-0.2, 0) is 16.2 Å². The van der Waals surface area contributed by atoms with Crippen LogP contribution in [0, 0.1) is 10.5 Å². The standard InChI is InChI=1S/C25H17BrClIN2O4/c1-14-10-18(7-8-20(14)26)30-24(32)19(23(31)29-25(30)33)11-16-4-9-22(21(28)12-16)34-13-15-2-5-17(27)6-3-15/h2-12H,13H2,1H3,(H,29,31,33)/b19-11+. The van der Waals surface area contributed by atoms with Gasteiger partial charge in [0.15, 0.2) is 0 Å². The van der Waals surface area contributed by atoms with E-state index in [1.54, 1.807) is 48.5 Å². The van der Waals surface area contributed by atoms with Crippen LogP contribution in [0.15, 0.2) is 70.7 Å². The molecule has 1 fully saturated rings. The molecule has 4 rings (SSSR count). The predicted molar refractivity (Wildman–Crippen MR) is 143 cm³/mol. The topological polar surface area (TPSA) is 75.7 Å². The molecule has 1 aliphatic rings. The number of hydrogen-bond acceptors (Lipinski definition) is 4. The largest absolute Gasteiger partial charge is 0.488 e. The van der Waals surface area contributed by atoms with Crippen molar-refractivity contribution in [2.24, 2.45) is 0 Å². The van der Waals surface area contributed by atoms with E-state index in [2.05, 4.69) is 43.8 Å². The summed E-state index contributed by atoms with van der Waals surface area (Å²) in [5, 5.41) is 2.90. The van der Waals surface area contributed by atoms with Crippen molar-refractivity contribution in [2.75, 3.05) is 4.90 Å². The van der Waals surface area contributed by atoms with Crippen LogP contribution in [0.2, 0.25) is 5.02 Å². The average molecular weight is 652 g/mol. The maximum Gasteiger partial charge on any atom is 0.335 e. The van der Waals surface area contributed by atoms with Gasteiger partial charge in [-0.25, -0.2) is 9.69 Å². The minimum Gasteiger partial charge on any atom is -0.488 e. The zero-order valence-corrected chi connectivity index (χ0v) is 22.3. The van der Waals surface area contributed by atoms with Crippen LogP contribution in [0.3, 0.4) is 0 Å². The molecule has 172 valence electrons. The molecule has 0 aliphatic carbocycles. The second-order valence-corrected chi connectivity index (χ2v) is 9.95. The zero-order chi connectivity index (χ0) is 24.4. The van der Waals surface area contributed by atoms with E-state index >= 15 is 0 Å². The maximum atomic E-state index is 13.1. The second-order valence-electron chi connectivity index (χ2n) is 7.50. The lowest BCUT2D eigenvalue weighted by atomic mass is 10.1. The normalized spacial score (nSPS) is 15.0. The number of carbonyl (C=O) groups is 3. The van der Waals surface area contributed by atoms with Crippen LogP contribution in [-0.4, -0.2) is 17.8 Å². The smallest absolute Gasteiger partial charge is 0.335 e. The fraction of sp³-hybridized carbons (Fsp3) is 0.0800. The minimum atomic E-state index is -0.783. The monoisotopic (exact) mass is 650 g/mol. The van der Waals surface area contributed by atoms with Gasteiger partial charge in [-0.3, -0.25) is 14.9 Å². The summed E-state index contributed by atoms with van der Waals surface area (Å²) in [6.45, 7) is 2.22. The molecule has 9 heteroatoms. The first kappa shape index (κ1) is 24.4. The third kappa shape index (κ3) is 5.34. The Morgan fingerprint density at radius 3 is 2.47 bits per heavy atom. The fourth-order valence-corrected chi connectivity index (χ4v) is 4.36. The van der Waals surface area contributed by atoms with Crippen molar-refractivity contribution >= 4 is 79.7 Å². The van der Waals surface area contributed by atoms with E-state index in [1.807, 2.05) is 19.1 Å². The van der Waals surface area contributed by atoms with E-state index in [1.165, 1.54) is 6.08 Å². The Morgan fingerprint density at radius 2 is 1.79 bits per heavy atom. The summed E-state index contributed by atoms with van der Waals surface area (Å²) in [6, 6.07) is 17.0. The quantitative estimate of drug-likeness (QED) is 0.201. The third-order valence-corrected chi connectivity index (χ3v) is 7.06. The van der Waals surface area contributed by atoms with Crippen molar-refractivity contribution in [3.8, 4) is 5.75 Å². The molecule has 0 saturated carbocycles. The van der Waals surface area contributed by atoms with E-state index in [4.69, 9.17) is 16.3 Å². The Labute approximate surface area is 223 Å². The van der Waals surface area contributed by atoms with Gasteiger partial charge in [-0.05, 0) is 94.7 Å². The highest BCUT2D eigenvalue weighted by molar-refractivity contribution is 14.1. The van der Waals surface area contributed by atoms with Crippen molar-refractivity contribution in [2.45, 2.75) is 13.5 Å². The Balaban J connectivity index is 1.56. The predicted octanol–water partition coefficient (Wildman–Crippen LogP) is 6.26. The molecule has 0 radical (unpaired) electrons. The molecule has 3 aromatic carbocycles. The van der Waals surface area contributed by atoms with Crippen molar-refractivity contribution in [1.29, 1.82) is 0 Å². The van der Waals surface area contributed by atoms with Crippen molar-refractivity contribution in [3.63, 3.8) is 0 Å². The minimum absolute atomic E-state index is 0.134. The molecule has 1 saturated heterocycles. The van der Waals surface area contributed by atoms with E-state index in [0.29, 0.717) is 28.6 Å². The first-order chi connectivity index (χ1) is 16.2. The van der Waals surface area contributed by atoms with Gasteiger partial charge in [0, 0.05) is 9.50 Å². The number of barbiturate groups is 1. The summed E-state index contributed by atoms with van der Waals surface area (Å²) in [7, 11) is 0. The van der Waals surface area contributed by atoms with E-state index < -0.39 is 17.8 Å². The van der Waals surface area contributed by atoms with E-state index in [-0.39, 0.29) is 5.57 Å². The number of halogens is 3. The Bertz CT molecular complexity index is 1340. The van der Waals surface area contributed by atoms with Crippen LogP contribution in [0.25, 0.3) is 6.08 Å². The van der Waals surface area contributed by atoms with Gasteiger partial charge in [0.2, 0.25) is 0 Å². The second kappa shape index (κ2) is 10.3. The summed E-state index contributed by atoms with van der Waals surface area (Å²) in [5.74, 6) is -0.758. The van der Waals surface area contributed by atoms with Crippen molar-refractivity contribution in [3.05, 3.63) is 96.0 Å². The lowest BCUT2D eigenvalue weighted by Crippen LogP contribution is -2.54. The lowest BCUT2D eigenvalue weighted by molar-refractivity contribution is -0.122. The van der Waals surface area contributed by atoms with Gasteiger partial charge in [0.05, 0.1) is 9.26 Å². The number of urea groups is 1. The van der Waals surface area contributed by atoms with Crippen LogP contribution < -0.4 is 15.0 Å². The number of rotatable bonds is 5.